The van der Waals surface area contributed by atoms with Gasteiger partial charge in [0, 0.05) is 16.2 Å². The van der Waals surface area contributed by atoms with Crippen LogP contribution in [0, 0.1) is 0 Å². The number of rotatable bonds is 4. The highest BCUT2D eigenvalue weighted by Crippen LogP contribution is 2.21. The molecule has 2 amide bonds. The first-order valence-electron chi connectivity index (χ1n) is 6.77. The average Bonchev–Trinajstić information content (AvgIpc) is 2.76. The summed E-state index contributed by atoms with van der Waals surface area (Å²) in [6, 6.07) is 16.9. The number of carbonyl (C=O) groups excluding carboxylic acids is 2. The molecule has 3 rings (SSSR count). The van der Waals surface area contributed by atoms with Gasteiger partial charge < -0.3 is 5.32 Å². The molecule has 0 atom stereocenters. The third-order valence-electron chi connectivity index (χ3n) is 3.30. The molecule has 0 saturated heterocycles. The van der Waals surface area contributed by atoms with Crippen LogP contribution >= 0.6 is 15.9 Å². The van der Waals surface area contributed by atoms with Crippen LogP contribution < -0.4 is 5.32 Å². The molecule has 0 bridgehead atoms. The van der Waals surface area contributed by atoms with E-state index in [4.69, 9.17) is 0 Å². The zero-order valence-corrected chi connectivity index (χ0v) is 13.2. The van der Waals surface area contributed by atoms with Gasteiger partial charge in [-0.2, -0.15) is 0 Å². The lowest BCUT2D eigenvalue weighted by Crippen LogP contribution is -2.31. The molecule has 22 heavy (non-hydrogen) atoms. The number of nitrogens with one attached hydrogen (secondary N) is 1. The van der Waals surface area contributed by atoms with E-state index in [0.717, 1.165) is 15.7 Å². The zero-order chi connectivity index (χ0) is 15.5. The Morgan fingerprint density at radius 3 is 2.50 bits per heavy atom. The molecular formula is C17H13BrN2O2. The lowest BCUT2D eigenvalue weighted by molar-refractivity contribution is -0.137. The van der Waals surface area contributed by atoms with E-state index in [1.165, 1.54) is 11.0 Å². The molecule has 1 heterocycles. The first-order valence-corrected chi connectivity index (χ1v) is 7.57. The van der Waals surface area contributed by atoms with Crippen molar-refractivity contribution in [3.05, 3.63) is 76.4 Å². The number of hydrogen-bond acceptors (Lipinski definition) is 3. The van der Waals surface area contributed by atoms with Crippen molar-refractivity contribution >= 4 is 33.4 Å². The van der Waals surface area contributed by atoms with Crippen molar-refractivity contribution in [2.24, 2.45) is 0 Å². The molecule has 2 aromatic rings. The standard InChI is InChI=1S/C17H13BrN2O2/c18-13-7-4-8-14(9-13)19-15-10-16(21)20(17(15)22)11-12-5-2-1-3-6-12/h1-10,19H,11H2. The van der Waals surface area contributed by atoms with Crippen LogP contribution in [0.2, 0.25) is 0 Å². The van der Waals surface area contributed by atoms with E-state index in [1.807, 2.05) is 54.6 Å². The predicted octanol–water partition coefficient (Wildman–Crippen LogP) is 3.31. The summed E-state index contributed by atoms with van der Waals surface area (Å²) in [5.41, 5.74) is 1.96. The number of nitrogens with zero attached hydrogens (tertiary/aromatic N) is 1. The molecule has 0 saturated carbocycles. The van der Waals surface area contributed by atoms with E-state index < -0.39 is 0 Å². The fourth-order valence-electron chi connectivity index (χ4n) is 2.24. The molecule has 1 aliphatic rings. The topological polar surface area (TPSA) is 49.4 Å². The highest BCUT2D eigenvalue weighted by Gasteiger charge is 2.31. The second kappa shape index (κ2) is 6.15. The van der Waals surface area contributed by atoms with Gasteiger partial charge in [-0.3, -0.25) is 14.5 Å². The quantitative estimate of drug-likeness (QED) is 0.855. The van der Waals surface area contributed by atoms with Gasteiger partial charge in [0.05, 0.1) is 6.54 Å². The van der Waals surface area contributed by atoms with Crippen LogP contribution in [0.3, 0.4) is 0 Å². The van der Waals surface area contributed by atoms with Gasteiger partial charge in [-0.1, -0.05) is 52.3 Å². The Hall–Kier alpha value is -2.40. The van der Waals surface area contributed by atoms with Gasteiger partial charge in [-0.25, -0.2) is 0 Å². The first kappa shape index (κ1) is 14.5. The van der Waals surface area contributed by atoms with E-state index >= 15 is 0 Å². The molecular weight excluding hydrogens is 344 g/mol. The smallest absolute Gasteiger partial charge is 0.277 e. The van der Waals surface area contributed by atoms with Crippen molar-refractivity contribution in [1.29, 1.82) is 0 Å². The van der Waals surface area contributed by atoms with Crippen molar-refractivity contribution in [2.45, 2.75) is 6.54 Å². The molecule has 0 radical (unpaired) electrons. The number of carbonyl (C=O) groups is 2. The Balaban J connectivity index is 1.74. The summed E-state index contributed by atoms with van der Waals surface area (Å²) < 4.78 is 0.899. The Morgan fingerprint density at radius 2 is 1.77 bits per heavy atom. The lowest BCUT2D eigenvalue weighted by atomic mass is 10.2. The molecule has 0 aliphatic carbocycles. The van der Waals surface area contributed by atoms with Gasteiger partial charge in [0.2, 0.25) is 0 Å². The summed E-state index contributed by atoms with van der Waals surface area (Å²) in [7, 11) is 0. The number of imide groups is 1. The minimum atomic E-state index is -0.311. The van der Waals surface area contributed by atoms with Crippen LogP contribution in [-0.2, 0) is 16.1 Å². The maximum absolute atomic E-state index is 12.4. The minimum absolute atomic E-state index is 0.276. The zero-order valence-electron chi connectivity index (χ0n) is 11.6. The second-order valence-corrected chi connectivity index (χ2v) is 5.82. The van der Waals surface area contributed by atoms with Gasteiger partial charge in [0.25, 0.3) is 11.8 Å². The number of anilines is 1. The van der Waals surface area contributed by atoms with Crippen molar-refractivity contribution in [1.82, 2.24) is 4.90 Å². The van der Waals surface area contributed by atoms with Crippen molar-refractivity contribution < 1.29 is 9.59 Å². The summed E-state index contributed by atoms with van der Waals surface area (Å²) in [6.45, 7) is 0.276. The molecule has 1 aliphatic heterocycles. The molecule has 2 aromatic carbocycles. The Morgan fingerprint density at radius 1 is 1.00 bits per heavy atom. The van der Waals surface area contributed by atoms with Gasteiger partial charge in [0.15, 0.2) is 0 Å². The Bertz CT molecular complexity index is 756. The van der Waals surface area contributed by atoms with E-state index in [1.54, 1.807) is 0 Å². The summed E-state index contributed by atoms with van der Waals surface area (Å²) in [4.78, 5) is 25.6. The lowest BCUT2D eigenvalue weighted by Gasteiger charge is -2.15. The van der Waals surface area contributed by atoms with Crippen molar-refractivity contribution in [3.8, 4) is 0 Å². The Labute approximate surface area is 136 Å². The summed E-state index contributed by atoms with van der Waals surface area (Å²) >= 11 is 3.37. The van der Waals surface area contributed by atoms with Crippen LogP contribution in [0.1, 0.15) is 5.56 Å². The summed E-state index contributed by atoms with van der Waals surface area (Å²) in [5.74, 6) is -0.611. The second-order valence-electron chi connectivity index (χ2n) is 4.91. The van der Waals surface area contributed by atoms with Crippen molar-refractivity contribution in [2.75, 3.05) is 5.32 Å². The molecule has 0 fully saturated rings. The maximum Gasteiger partial charge on any atom is 0.277 e. The number of amides is 2. The summed E-state index contributed by atoms with van der Waals surface area (Å²) in [5, 5.41) is 3.00. The third kappa shape index (κ3) is 3.09. The number of hydrogen-bond donors (Lipinski definition) is 1. The molecule has 0 unspecified atom stereocenters. The fraction of sp³-hybridized carbons (Fsp3) is 0.0588. The number of benzene rings is 2. The minimum Gasteiger partial charge on any atom is -0.351 e. The Kier molecular flexibility index (Phi) is 4.06. The highest BCUT2D eigenvalue weighted by atomic mass is 79.9. The van der Waals surface area contributed by atoms with Gasteiger partial charge >= 0.3 is 0 Å². The highest BCUT2D eigenvalue weighted by molar-refractivity contribution is 9.10. The van der Waals surface area contributed by atoms with Crippen LogP contribution in [0.25, 0.3) is 0 Å². The van der Waals surface area contributed by atoms with E-state index in [9.17, 15) is 9.59 Å². The van der Waals surface area contributed by atoms with Gasteiger partial charge in [0.1, 0.15) is 5.70 Å². The van der Waals surface area contributed by atoms with E-state index in [-0.39, 0.29) is 18.4 Å². The van der Waals surface area contributed by atoms with E-state index in [0.29, 0.717) is 5.70 Å². The normalized spacial score (nSPS) is 14.2. The first-order chi connectivity index (χ1) is 10.6. The van der Waals surface area contributed by atoms with E-state index in [2.05, 4.69) is 21.2 Å². The number of halogens is 1. The maximum atomic E-state index is 12.4. The van der Waals surface area contributed by atoms with Gasteiger partial charge in [-0.15, -0.1) is 0 Å². The summed E-state index contributed by atoms with van der Waals surface area (Å²) in [6.07, 6.45) is 1.34. The monoisotopic (exact) mass is 356 g/mol. The average molecular weight is 357 g/mol. The SMILES string of the molecule is O=C1C=C(Nc2cccc(Br)c2)C(=O)N1Cc1ccccc1. The van der Waals surface area contributed by atoms with Gasteiger partial charge in [-0.05, 0) is 23.8 Å². The third-order valence-corrected chi connectivity index (χ3v) is 3.79. The molecule has 4 nitrogen and oxygen atoms in total. The van der Waals surface area contributed by atoms with Crippen LogP contribution in [0.15, 0.2) is 70.8 Å². The van der Waals surface area contributed by atoms with Crippen LogP contribution in [0.5, 0.6) is 0 Å². The van der Waals surface area contributed by atoms with Crippen LogP contribution in [-0.4, -0.2) is 16.7 Å². The largest absolute Gasteiger partial charge is 0.351 e. The molecule has 5 heteroatoms. The molecule has 1 N–H and O–H groups in total. The van der Waals surface area contributed by atoms with Crippen LogP contribution in [0.4, 0.5) is 5.69 Å². The fourth-order valence-corrected chi connectivity index (χ4v) is 2.63. The molecule has 0 aromatic heterocycles. The predicted molar refractivity (Wildman–Crippen MR) is 87.8 cm³/mol. The molecule has 0 spiro atoms. The van der Waals surface area contributed by atoms with Crippen molar-refractivity contribution in [3.63, 3.8) is 0 Å². The molecule has 110 valence electrons.